The molecule has 3 aromatic rings. The highest BCUT2D eigenvalue weighted by Crippen LogP contribution is 2.42. The molecule has 1 atom stereocenters. The number of Topliss-reactive ketones (excluding diaryl/α,β-unsaturated/α-hetero) is 1. The summed E-state index contributed by atoms with van der Waals surface area (Å²) in [6.07, 6.45) is 3.51. The van der Waals surface area contributed by atoms with Crippen LogP contribution >= 0.6 is 15.9 Å². The molecule has 1 unspecified atom stereocenters. The second-order valence-electron chi connectivity index (χ2n) is 7.67. The minimum Gasteiger partial charge on any atom is -0.872 e. The van der Waals surface area contributed by atoms with Gasteiger partial charge in [0.1, 0.15) is 0 Å². The van der Waals surface area contributed by atoms with E-state index in [1.165, 1.54) is 12.0 Å². The summed E-state index contributed by atoms with van der Waals surface area (Å²) in [5.41, 5.74) is 1.62. The molecule has 1 aliphatic rings. The molecule has 1 saturated heterocycles. The van der Waals surface area contributed by atoms with E-state index in [-0.39, 0.29) is 12.1 Å². The molecule has 0 saturated carbocycles. The third-order valence-corrected chi connectivity index (χ3v) is 6.09. The predicted molar refractivity (Wildman–Crippen MR) is 127 cm³/mol. The average molecular weight is 523 g/mol. The number of benzene rings is 2. The number of H-pyrrole nitrogens is 1. The van der Waals surface area contributed by atoms with Gasteiger partial charge in [-0.05, 0) is 48.4 Å². The van der Waals surface area contributed by atoms with E-state index in [0.717, 1.165) is 10.0 Å². The molecule has 1 fully saturated rings. The third kappa shape index (κ3) is 4.54. The predicted octanol–water partition coefficient (Wildman–Crippen LogP) is 3.09. The topological polar surface area (TPSA) is 93.0 Å². The van der Waals surface area contributed by atoms with Gasteiger partial charge in [0.05, 0.1) is 26.3 Å². The molecular weight excluding hydrogens is 500 g/mol. The number of hydrogen-bond donors (Lipinski definition) is 0. The first-order valence-electron chi connectivity index (χ1n) is 10.7. The van der Waals surface area contributed by atoms with E-state index in [1.54, 1.807) is 54.9 Å². The van der Waals surface area contributed by atoms with Crippen LogP contribution in [-0.2, 0) is 16.1 Å². The summed E-state index contributed by atoms with van der Waals surface area (Å²) in [6.45, 7) is 2.47. The summed E-state index contributed by atoms with van der Waals surface area (Å²) in [5, 5.41) is 13.5. The maximum atomic E-state index is 13.5. The van der Waals surface area contributed by atoms with Crippen LogP contribution < -0.4 is 19.6 Å². The van der Waals surface area contributed by atoms with Crippen molar-refractivity contribution < 1.29 is 29.2 Å². The number of nitrogens with zero attached hydrogens (tertiary/aromatic N) is 1. The molecule has 1 N–H and O–H groups in total. The van der Waals surface area contributed by atoms with E-state index in [1.807, 2.05) is 19.1 Å². The van der Waals surface area contributed by atoms with Gasteiger partial charge < -0.3 is 19.5 Å². The van der Waals surface area contributed by atoms with Crippen molar-refractivity contribution in [1.82, 2.24) is 4.90 Å². The number of ether oxygens (including phenoxy) is 2. The van der Waals surface area contributed by atoms with Gasteiger partial charge in [0.15, 0.2) is 23.9 Å². The molecule has 0 aliphatic carbocycles. The number of likely N-dealkylation sites (tertiary alicyclic amines) is 1. The molecular formula is C26H23BrN2O5. The zero-order valence-electron chi connectivity index (χ0n) is 18.7. The number of hydrogen-bond acceptors (Lipinski definition) is 5. The lowest BCUT2D eigenvalue weighted by Gasteiger charge is -2.28. The third-order valence-electron chi connectivity index (χ3n) is 5.56. The second-order valence-corrected chi connectivity index (χ2v) is 8.59. The van der Waals surface area contributed by atoms with Gasteiger partial charge in [-0.2, -0.15) is 0 Å². The van der Waals surface area contributed by atoms with Gasteiger partial charge >= 0.3 is 0 Å². The van der Waals surface area contributed by atoms with Crippen molar-refractivity contribution in [1.29, 1.82) is 0 Å². The highest BCUT2D eigenvalue weighted by molar-refractivity contribution is 9.10. The van der Waals surface area contributed by atoms with Gasteiger partial charge in [0, 0.05) is 21.7 Å². The number of methoxy groups -OCH3 is 1. The molecule has 1 aromatic heterocycles. The van der Waals surface area contributed by atoms with Crippen LogP contribution in [0.25, 0.3) is 5.76 Å². The molecule has 4 rings (SSSR count). The van der Waals surface area contributed by atoms with Gasteiger partial charge in [-0.1, -0.05) is 39.9 Å². The van der Waals surface area contributed by atoms with Gasteiger partial charge in [-0.15, -0.1) is 0 Å². The van der Waals surface area contributed by atoms with Crippen LogP contribution in [0.3, 0.4) is 0 Å². The van der Waals surface area contributed by atoms with Crippen LogP contribution in [0.5, 0.6) is 11.5 Å². The molecule has 7 nitrogen and oxygen atoms in total. The number of amides is 1. The van der Waals surface area contributed by atoms with Gasteiger partial charge in [0.2, 0.25) is 5.78 Å². The zero-order valence-corrected chi connectivity index (χ0v) is 20.3. The molecule has 2 aromatic carbocycles. The summed E-state index contributed by atoms with van der Waals surface area (Å²) in [5.74, 6) is -1.01. The van der Waals surface area contributed by atoms with E-state index < -0.39 is 23.5 Å². The highest BCUT2D eigenvalue weighted by atomic mass is 79.9. The van der Waals surface area contributed by atoms with Crippen molar-refractivity contribution >= 4 is 33.4 Å². The Bertz CT molecular complexity index is 1240. The van der Waals surface area contributed by atoms with Crippen LogP contribution in [0.2, 0.25) is 0 Å². The maximum absolute atomic E-state index is 13.5. The Hall–Kier alpha value is -3.65. The SMILES string of the molecule is CCOc1ccc(C2C(=C([O-])c3ccc(Br)cc3)C(=O)C(=O)N2Cc2ccc[nH+]c2)cc1OC. The number of aromatic amines is 1. The maximum Gasteiger partial charge on any atom is 0.295 e. The number of halogens is 1. The average Bonchev–Trinajstić information content (AvgIpc) is 3.10. The zero-order chi connectivity index (χ0) is 24.2. The largest absolute Gasteiger partial charge is 0.872 e. The Kier molecular flexibility index (Phi) is 6.98. The lowest BCUT2D eigenvalue weighted by Crippen LogP contribution is -2.29. The molecule has 0 radical (unpaired) electrons. The quantitative estimate of drug-likeness (QED) is 0.270. The van der Waals surface area contributed by atoms with Crippen molar-refractivity contribution in [3.8, 4) is 11.5 Å². The number of nitrogens with one attached hydrogen (secondary N) is 1. The van der Waals surface area contributed by atoms with Crippen molar-refractivity contribution in [2.24, 2.45) is 0 Å². The summed E-state index contributed by atoms with van der Waals surface area (Å²) >= 11 is 3.35. The number of rotatable bonds is 7. The standard InChI is InChI=1S/C26H23BrN2O5/c1-3-34-20-11-8-18(13-21(20)33-2)23-22(24(30)17-6-9-19(27)10-7-17)25(31)26(32)29(23)15-16-5-4-12-28-14-16/h4-14,23,30H,3,15H2,1-2H3. The minimum absolute atomic E-state index is 0.0848. The van der Waals surface area contributed by atoms with Crippen LogP contribution in [-0.4, -0.2) is 30.3 Å². The summed E-state index contributed by atoms with van der Waals surface area (Å²) in [6, 6.07) is 14.7. The van der Waals surface area contributed by atoms with Crippen LogP contribution in [0.4, 0.5) is 0 Å². The molecule has 2 heterocycles. The normalized spacial score (nSPS) is 17.1. The Morgan fingerprint density at radius 1 is 1.12 bits per heavy atom. The Balaban J connectivity index is 1.88. The Morgan fingerprint density at radius 2 is 1.88 bits per heavy atom. The monoisotopic (exact) mass is 522 g/mol. The van der Waals surface area contributed by atoms with Crippen molar-refractivity contribution in [2.75, 3.05) is 13.7 Å². The summed E-state index contributed by atoms with van der Waals surface area (Å²) < 4.78 is 11.9. The first-order chi connectivity index (χ1) is 16.4. The van der Waals surface area contributed by atoms with Crippen LogP contribution in [0.1, 0.15) is 29.7 Å². The fourth-order valence-electron chi connectivity index (χ4n) is 3.99. The second kappa shape index (κ2) is 10.1. The summed E-state index contributed by atoms with van der Waals surface area (Å²) in [7, 11) is 1.52. The van der Waals surface area contributed by atoms with E-state index in [2.05, 4.69) is 20.9 Å². The molecule has 174 valence electrons. The fraction of sp³-hybridized carbons (Fsp3) is 0.192. The molecule has 0 bridgehead atoms. The van der Waals surface area contributed by atoms with E-state index in [0.29, 0.717) is 29.2 Å². The minimum atomic E-state index is -0.874. The van der Waals surface area contributed by atoms with Crippen molar-refractivity contribution in [3.05, 3.63) is 93.7 Å². The molecule has 1 amide bonds. The van der Waals surface area contributed by atoms with E-state index in [9.17, 15) is 14.7 Å². The van der Waals surface area contributed by atoms with Crippen LogP contribution in [0, 0.1) is 0 Å². The number of carbonyl (C=O) groups is 2. The molecule has 8 heteroatoms. The Morgan fingerprint density at radius 3 is 2.53 bits per heavy atom. The first-order valence-corrected chi connectivity index (χ1v) is 11.5. The van der Waals surface area contributed by atoms with Crippen molar-refractivity contribution in [3.63, 3.8) is 0 Å². The van der Waals surface area contributed by atoms with Gasteiger partial charge in [-0.25, -0.2) is 4.98 Å². The fourth-order valence-corrected chi connectivity index (χ4v) is 4.26. The lowest BCUT2D eigenvalue weighted by atomic mass is 9.95. The number of pyridine rings is 1. The highest BCUT2D eigenvalue weighted by Gasteiger charge is 2.44. The van der Waals surface area contributed by atoms with Gasteiger partial charge in [-0.3, -0.25) is 9.59 Å². The molecule has 0 spiro atoms. The number of aromatic nitrogens is 1. The van der Waals surface area contributed by atoms with Crippen molar-refractivity contribution in [2.45, 2.75) is 19.5 Å². The number of ketones is 1. The van der Waals surface area contributed by atoms with Crippen LogP contribution in [0.15, 0.2) is 77.0 Å². The van der Waals surface area contributed by atoms with Gasteiger partial charge in [0.25, 0.3) is 5.91 Å². The first kappa shape index (κ1) is 23.5. The van der Waals surface area contributed by atoms with E-state index >= 15 is 0 Å². The smallest absolute Gasteiger partial charge is 0.295 e. The van der Waals surface area contributed by atoms with E-state index in [4.69, 9.17) is 9.47 Å². The lowest BCUT2D eigenvalue weighted by molar-refractivity contribution is -0.378. The molecule has 34 heavy (non-hydrogen) atoms. The number of carbonyl (C=O) groups excluding carboxylic acids is 2. The Labute approximate surface area is 205 Å². The summed E-state index contributed by atoms with van der Waals surface area (Å²) in [4.78, 5) is 30.7. The molecule has 1 aliphatic heterocycles.